The van der Waals surface area contributed by atoms with Crippen molar-refractivity contribution in [2.45, 2.75) is 30.2 Å². The average molecular weight is 565 g/mol. The first-order chi connectivity index (χ1) is 18.2. The summed E-state index contributed by atoms with van der Waals surface area (Å²) < 4.78 is 5.27. The normalized spacial score (nSPS) is 22.5. The molecule has 0 radical (unpaired) electrons. The Morgan fingerprint density at radius 3 is 2.76 bits per heavy atom. The van der Waals surface area contributed by atoms with E-state index in [1.807, 2.05) is 0 Å². The molecule has 3 amide bonds. The van der Waals surface area contributed by atoms with Crippen LogP contribution in [0.25, 0.3) is 0 Å². The smallest absolute Gasteiger partial charge is 0.331 e. The minimum atomic E-state index is -1.29. The van der Waals surface area contributed by atoms with Gasteiger partial charge in [-0.2, -0.15) is 0 Å². The lowest BCUT2D eigenvalue weighted by Gasteiger charge is -2.53. The summed E-state index contributed by atoms with van der Waals surface area (Å²) in [6.07, 6.45) is -0.773. The number of aliphatic hydroxyl groups is 1. The highest BCUT2D eigenvalue weighted by Crippen LogP contribution is 2.38. The molecule has 2 saturated heterocycles. The predicted octanol–water partition coefficient (Wildman–Crippen LogP) is -0.157. The van der Waals surface area contributed by atoms with E-state index in [0.29, 0.717) is 12.0 Å². The highest BCUT2D eigenvalue weighted by atomic mass is 32.2. The van der Waals surface area contributed by atoms with Crippen molar-refractivity contribution < 1.29 is 38.8 Å². The van der Waals surface area contributed by atoms with Crippen molar-refractivity contribution in [3.8, 4) is 0 Å². The summed E-state index contributed by atoms with van der Waals surface area (Å²) in [6.45, 7) is -0.217. The number of oxime groups is 1. The number of ether oxygens (including phenoxy) is 1. The van der Waals surface area contributed by atoms with E-state index in [0.717, 1.165) is 16.2 Å². The molecule has 2 fully saturated rings. The first kappa shape index (κ1) is 27.0. The first-order valence-corrected chi connectivity index (χ1v) is 12.8. The molecule has 17 heteroatoms. The Morgan fingerprint density at radius 2 is 2.11 bits per heavy atom. The summed E-state index contributed by atoms with van der Waals surface area (Å²) >= 11 is 2.24. The van der Waals surface area contributed by atoms with E-state index >= 15 is 0 Å². The van der Waals surface area contributed by atoms with Crippen molar-refractivity contribution in [1.29, 1.82) is 0 Å². The van der Waals surface area contributed by atoms with E-state index in [1.165, 1.54) is 48.5 Å². The number of hydrogen-bond acceptors (Lipinski definition) is 13. The summed E-state index contributed by atoms with van der Waals surface area (Å²) in [7, 11) is 1.23. The van der Waals surface area contributed by atoms with Crippen LogP contribution in [-0.4, -0.2) is 86.2 Å². The Morgan fingerprint density at radius 1 is 1.37 bits per heavy atom. The molecule has 0 spiro atoms. The van der Waals surface area contributed by atoms with Crippen LogP contribution >= 0.6 is 23.1 Å². The Hall–Kier alpha value is -4.09. The molecule has 200 valence electrons. The van der Waals surface area contributed by atoms with E-state index < -0.39 is 46.3 Å². The molecule has 3 heterocycles. The molecule has 4 atom stereocenters. The van der Waals surface area contributed by atoms with E-state index in [-0.39, 0.29) is 34.6 Å². The highest BCUT2D eigenvalue weighted by Gasteiger charge is 2.58. The number of nitrogens with one attached hydrogen (secondary N) is 2. The molecule has 2 aliphatic rings. The fourth-order valence-corrected chi connectivity index (χ4v) is 5.80. The molecular weight excluding hydrogens is 544 g/mol. The lowest BCUT2D eigenvalue weighted by Crippen LogP contribution is -2.77. The van der Waals surface area contributed by atoms with Crippen LogP contribution in [0, 0.1) is 10.1 Å². The number of benzene rings is 1. The topological polar surface area (TPSA) is 203 Å². The molecular formula is C21H20N6O9S2. The highest BCUT2D eigenvalue weighted by molar-refractivity contribution is 8.00. The second-order valence-electron chi connectivity index (χ2n) is 7.89. The maximum atomic E-state index is 13.0. The predicted molar refractivity (Wildman–Crippen MR) is 133 cm³/mol. The van der Waals surface area contributed by atoms with E-state index in [9.17, 15) is 34.4 Å². The van der Waals surface area contributed by atoms with Crippen molar-refractivity contribution in [2.75, 3.05) is 18.2 Å². The summed E-state index contributed by atoms with van der Waals surface area (Å²) in [4.78, 5) is 69.5. The van der Waals surface area contributed by atoms with Crippen molar-refractivity contribution in [1.82, 2.24) is 15.2 Å². The van der Waals surface area contributed by atoms with Gasteiger partial charge in [0.25, 0.3) is 11.6 Å². The minimum absolute atomic E-state index is 0.101. The lowest BCUT2D eigenvalue weighted by molar-refractivity contribution is -0.384. The summed E-state index contributed by atoms with van der Waals surface area (Å²) in [5.74, 6) is -2.12. The maximum Gasteiger partial charge on any atom is 0.331 e. The van der Waals surface area contributed by atoms with Gasteiger partial charge in [0.1, 0.15) is 30.8 Å². The van der Waals surface area contributed by atoms with Crippen LogP contribution < -0.4 is 10.6 Å². The Bertz CT molecular complexity index is 1280. The zero-order chi connectivity index (χ0) is 27.4. The number of amides is 3. The minimum Gasteiger partial charge on any atom is -0.459 e. The van der Waals surface area contributed by atoms with E-state index in [4.69, 9.17) is 9.57 Å². The number of rotatable bonds is 10. The molecule has 3 unspecified atom stereocenters. The van der Waals surface area contributed by atoms with Crippen LogP contribution in [0.1, 0.15) is 11.3 Å². The number of thioether (sulfide) groups is 1. The van der Waals surface area contributed by atoms with Crippen LogP contribution in [0.3, 0.4) is 0 Å². The van der Waals surface area contributed by atoms with Gasteiger partial charge in [0.2, 0.25) is 12.3 Å². The monoisotopic (exact) mass is 564 g/mol. The largest absolute Gasteiger partial charge is 0.459 e. The van der Waals surface area contributed by atoms with Crippen molar-refractivity contribution in [3.05, 3.63) is 51.0 Å². The number of esters is 1. The maximum absolute atomic E-state index is 13.0. The summed E-state index contributed by atoms with van der Waals surface area (Å²) in [6, 6.07) is 3.09. The molecule has 3 N–H and O–H groups in total. The first-order valence-electron chi connectivity index (χ1n) is 10.8. The molecule has 1 aromatic heterocycles. The van der Waals surface area contributed by atoms with Crippen LogP contribution in [0.2, 0.25) is 0 Å². The van der Waals surface area contributed by atoms with Gasteiger partial charge >= 0.3 is 5.97 Å². The standard InChI is InChI=1S/C21H20N6O9S2/c1-35-25-14(12-7-38-21(23-12)22-9-28)17(30)24-15-18(31)26-16(13(29)8-37-19(15)26)20(32)36-6-10-2-4-11(5-3-10)27(33)34/h2-5,7,9,13,15-16,19,29H,6,8H2,1H3,(H,24,30)(H,22,23,28)/t13?,15?,16?,19-/m0/s1. The summed E-state index contributed by atoms with van der Waals surface area (Å²) in [5.41, 5.74) is 0.253. The number of aromatic nitrogens is 1. The lowest BCUT2D eigenvalue weighted by atomic mass is 9.99. The Labute approximate surface area is 222 Å². The molecule has 2 aliphatic heterocycles. The third-order valence-electron chi connectivity index (χ3n) is 5.56. The second-order valence-corrected chi connectivity index (χ2v) is 9.89. The van der Waals surface area contributed by atoms with Crippen molar-refractivity contribution in [3.63, 3.8) is 0 Å². The number of carbonyl (C=O) groups is 4. The SMILES string of the molecule is CON=C(C(=O)NC1C(=O)N2C(C(=O)OCc3ccc([N+](=O)[O-])cc3)C(O)CS[C@@H]12)c1csc(NC=O)n1. The van der Waals surface area contributed by atoms with Crippen LogP contribution in [0.5, 0.6) is 0 Å². The van der Waals surface area contributed by atoms with Crippen LogP contribution in [0.4, 0.5) is 10.8 Å². The molecule has 15 nitrogen and oxygen atoms in total. The van der Waals surface area contributed by atoms with Crippen LogP contribution in [-0.2, 0) is 35.4 Å². The third kappa shape index (κ3) is 5.43. The Kier molecular flexibility index (Phi) is 8.18. The molecule has 2 aromatic rings. The fourth-order valence-electron chi connectivity index (χ4n) is 3.79. The van der Waals surface area contributed by atoms with Crippen LogP contribution in [0.15, 0.2) is 34.8 Å². The number of anilines is 1. The van der Waals surface area contributed by atoms with Crippen molar-refractivity contribution >= 4 is 63.8 Å². The average Bonchev–Trinajstić information content (AvgIpc) is 3.37. The molecule has 1 aromatic carbocycles. The van der Waals surface area contributed by atoms with Gasteiger partial charge in [-0.05, 0) is 17.7 Å². The Balaban J connectivity index is 1.41. The fraction of sp³-hybridized carbons (Fsp3) is 0.333. The van der Waals surface area contributed by atoms with Gasteiger partial charge in [-0.25, -0.2) is 9.78 Å². The number of hydrogen-bond donors (Lipinski definition) is 3. The van der Waals surface area contributed by atoms with E-state index in [1.54, 1.807) is 0 Å². The quantitative estimate of drug-likeness (QED) is 0.0864. The zero-order valence-corrected chi connectivity index (χ0v) is 21.1. The number of fused-ring (bicyclic) bond motifs is 1. The van der Waals surface area contributed by atoms with E-state index in [2.05, 4.69) is 20.8 Å². The molecule has 4 rings (SSSR count). The number of thiazole rings is 1. The molecule has 0 saturated carbocycles. The number of nitro benzene ring substituents is 1. The number of aliphatic hydroxyl groups excluding tert-OH is 1. The molecule has 0 aliphatic carbocycles. The zero-order valence-electron chi connectivity index (χ0n) is 19.5. The molecule has 38 heavy (non-hydrogen) atoms. The van der Waals surface area contributed by atoms with Gasteiger partial charge < -0.3 is 30.2 Å². The third-order valence-corrected chi connectivity index (χ3v) is 7.71. The number of β-lactam (4-membered cyclic amide) rings is 1. The molecule has 0 bridgehead atoms. The van der Waals surface area contributed by atoms with Gasteiger partial charge in [-0.3, -0.25) is 24.5 Å². The number of nitrogens with zero attached hydrogens (tertiary/aromatic N) is 4. The van der Waals surface area contributed by atoms with Crippen molar-refractivity contribution in [2.24, 2.45) is 5.16 Å². The van der Waals surface area contributed by atoms with Gasteiger partial charge in [0, 0.05) is 23.3 Å². The summed E-state index contributed by atoms with van der Waals surface area (Å²) in [5, 5.41) is 30.9. The second kappa shape index (κ2) is 11.5. The van der Waals surface area contributed by atoms with Gasteiger partial charge in [0.05, 0.1) is 11.0 Å². The van der Waals surface area contributed by atoms with Gasteiger partial charge in [-0.1, -0.05) is 5.16 Å². The number of nitro groups is 1. The van der Waals surface area contributed by atoms with Gasteiger partial charge in [0.15, 0.2) is 16.9 Å². The number of non-ortho nitro benzene ring substituents is 1. The number of carbonyl (C=O) groups excluding carboxylic acids is 4. The van der Waals surface area contributed by atoms with Gasteiger partial charge in [-0.15, -0.1) is 23.1 Å².